The Hall–Kier alpha value is -1.88. The summed E-state index contributed by atoms with van der Waals surface area (Å²) in [4.78, 5) is 19.5. The largest absolute Gasteiger partial charge is 0.440 e. The smallest absolute Gasteiger partial charge is 0.251 e. The van der Waals surface area contributed by atoms with Gasteiger partial charge in [-0.3, -0.25) is 4.79 Å². The molecule has 1 aromatic carbocycles. The van der Waals surface area contributed by atoms with Gasteiger partial charge in [-0.1, -0.05) is 0 Å². The number of aromatic nitrogens is 1. The van der Waals surface area contributed by atoms with Crippen molar-refractivity contribution in [1.82, 2.24) is 15.2 Å². The second kappa shape index (κ2) is 5.06. The van der Waals surface area contributed by atoms with Crippen LogP contribution in [0.25, 0.3) is 11.1 Å². The molecule has 3 aliphatic rings. The molecule has 23 heavy (non-hydrogen) atoms. The minimum Gasteiger partial charge on any atom is -0.440 e. The molecule has 3 atom stereocenters. The van der Waals surface area contributed by atoms with E-state index in [-0.39, 0.29) is 11.9 Å². The molecule has 0 radical (unpaired) electrons. The fourth-order valence-electron chi connectivity index (χ4n) is 4.02. The van der Waals surface area contributed by atoms with E-state index in [1.165, 1.54) is 32.4 Å². The van der Waals surface area contributed by atoms with Gasteiger partial charge in [0, 0.05) is 30.6 Å². The molecule has 2 aliphatic heterocycles. The first-order chi connectivity index (χ1) is 11.2. The molecule has 2 bridgehead atoms. The summed E-state index contributed by atoms with van der Waals surface area (Å²) < 4.78 is 5.82. The summed E-state index contributed by atoms with van der Waals surface area (Å²) in [6, 6.07) is 5.86. The van der Waals surface area contributed by atoms with Gasteiger partial charge in [0.25, 0.3) is 5.91 Å². The van der Waals surface area contributed by atoms with Crippen molar-refractivity contribution in [3.63, 3.8) is 0 Å². The minimum atomic E-state index is 0.00349. The van der Waals surface area contributed by atoms with Crippen molar-refractivity contribution in [2.24, 2.45) is 5.92 Å². The SMILES string of the molecule is O=C(N[C@@H]1C[C@@H]2CCN(C2)C1)c1ccc2nc(C3CC3)oc2c1. The van der Waals surface area contributed by atoms with Crippen molar-refractivity contribution in [2.75, 3.05) is 19.6 Å². The molecule has 5 rings (SSSR count). The highest BCUT2D eigenvalue weighted by molar-refractivity contribution is 5.97. The molecule has 1 amide bonds. The highest BCUT2D eigenvalue weighted by Gasteiger charge is 2.33. The molecule has 2 aromatic rings. The Labute approximate surface area is 135 Å². The first kappa shape index (κ1) is 13.5. The molecule has 120 valence electrons. The van der Waals surface area contributed by atoms with Gasteiger partial charge in [-0.15, -0.1) is 0 Å². The Kier molecular flexibility index (Phi) is 2.98. The maximum Gasteiger partial charge on any atom is 0.251 e. The summed E-state index contributed by atoms with van der Waals surface area (Å²) in [5, 5.41) is 3.20. The molecule has 5 nitrogen and oxygen atoms in total. The monoisotopic (exact) mass is 311 g/mol. The van der Waals surface area contributed by atoms with E-state index in [1.54, 1.807) is 0 Å². The van der Waals surface area contributed by atoms with Gasteiger partial charge in [0.1, 0.15) is 5.52 Å². The van der Waals surface area contributed by atoms with Crippen LogP contribution in [0.4, 0.5) is 0 Å². The van der Waals surface area contributed by atoms with E-state index in [0.717, 1.165) is 35.9 Å². The lowest BCUT2D eigenvalue weighted by molar-refractivity contribution is 0.0909. The van der Waals surface area contributed by atoms with E-state index in [1.807, 2.05) is 18.2 Å². The average Bonchev–Trinajstić information content (AvgIpc) is 3.23. The minimum absolute atomic E-state index is 0.00349. The predicted molar refractivity (Wildman–Crippen MR) is 86.4 cm³/mol. The van der Waals surface area contributed by atoms with Crippen LogP contribution in [0.5, 0.6) is 0 Å². The zero-order valence-electron chi connectivity index (χ0n) is 13.1. The van der Waals surface area contributed by atoms with Crippen LogP contribution in [0.1, 0.15) is 47.8 Å². The second-order valence-electron chi connectivity index (χ2n) is 7.33. The molecule has 5 heteroatoms. The zero-order valence-corrected chi connectivity index (χ0v) is 13.1. The highest BCUT2D eigenvalue weighted by atomic mass is 16.3. The molecule has 3 heterocycles. The molecule has 2 saturated heterocycles. The number of nitrogens with zero attached hydrogens (tertiary/aromatic N) is 2. The highest BCUT2D eigenvalue weighted by Crippen LogP contribution is 2.40. The van der Waals surface area contributed by atoms with Crippen molar-refractivity contribution < 1.29 is 9.21 Å². The summed E-state index contributed by atoms with van der Waals surface area (Å²) in [7, 11) is 0. The first-order valence-electron chi connectivity index (χ1n) is 8.68. The van der Waals surface area contributed by atoms with Gasteiger partial charge in [-0.05, 0) is 56.3 Å². The van der Waals surface area contributed by atoms with Crippen LogP contribution in [-0.2, 0) is 0 Å². The van der Waals surface area contributed by atoms with Crippen molar-refractivity contribution in [2.45, 2.75) is 37.6 Å². The third-order valence-electron chi connectivity index (χ3n) is 5.40. The Morgan fingerprint density at radius 2 is 2.17 bits per heavy atom. The molecule has 1 aliphatic carbocycles. The zero-order chi connectivity index (χ0) is 15.4. The standard InChI is InChI=1S/C18H21N3O2/c22-17(19-14-7-11-5-6-21(9-11)10-14)13-3-4-15-16(8-13)23-18(20-15)12-1-2-12/h3-4,8,11-12,14H,1-2,5-7,9-10H2,(H,19,22)/t11-,14+/m0/s1. The molecule has 3 fully saturated rings. The quantitative estimate of drug-likeness (QED) is 0.946. The van der Waals surface area contributed by atoms with E-state index in [9.17, 15) is 4.79 Å². The maximum atomic E-state index is 12.6. The number of oxazole rings is 1. The molecule has 0 spiro atoms. The second-order valence-corrected chi connectivity index (χ2v) is 7.33. The number of carbonyl (C=O) groups is 1. The number of piperidine rings is 1. The van der Waals surface area contributed by atoms with Crippen molar-refractivity contribution in [3.8, 4) is 0 Å². The van der Waals surface area contributed by atoms with Crippen LogP contribution in [-0.4, -0.2) is 41.5 Å². The van der Waals surface area contributed by atoms with Gasteiger partial charge in [-0.2, -0.15) is 0 Å². The van der Waals surface area contributed by atoms with Crippen LogP contribution in [0.15, 0.2) is 22.6 Å². The summed E-state index contributed by atoms with van der Waals surface area (Å²) >= 11 is 0. The lowest BCUT2D eigenvalue weighted by Crippen LogP contribution is -2.47. The van der Waals surface area contributed by atoms with Crippen molar-refractivity contribution in [1.29, 1.82) is 0 Å². The third kappa shape index (κ3) is 2.53. The summed E-state index contributed by atoms with van der Waals surface area (Å²) in [6.45, 7) is 3.38. The number of amides is 1. The van der Waals surface area contributed by atoms with E-state index >= 15 is 0 Å². The van der Waals surface area contributed by atoms with Gasteiger partial charge in [0.05, 0.1) is 0 Å². The van der Waals surface area contributed by atoms with Gasteiger partial charge in [0.15, 0.2) is 11.5 Å². The van der Waals surface area contributed by atoms with E-state index in [0.29, 0.717) is 11.5 Å². The van der Waals surface area contributed by atoms with E-state index in [2.05, 4.69) is 15.2 Å². The fourth-order valence-corrected chi connectivity index (χ4v) is 4.02. The number of hydrogen-bond donors (Lipinski definition) is 1. The summed E-state index contributed by atoms with van der Waals surface area (Å²) in [5.41, 5.74) is 2.25. The first-order valence-corrected chi connectivity index (χ1v) is 8.68. The van der Waals surface area contributed by atoms with Gasteiger partial charge < -0.3 is 14.6 Å². The Morgan fingerprint density at radius 1 is 1.26 bits per heavy atom. The van der Waals surface area contributed by atoms with Crippen LogP contribution in [0, 0.1) is 5.92 Å². The number of benzene rings is 1. The van der Waals surface area contributed by atoms with E-state index < -0.39 is 0 Å². The van der Waals surface area contributed by atoms with E-state index in [4.69, 9.17) is 4.42 Å². The van der Waals surface area contributed by atoms with Gasteiger partial charge >= 0.3 is 0 Å². The number of rotatable bonds is 3. The fraction of sp³-hybridized carbons (Fsp3) is 0.556. The number of hydrogen-bond acceptors (Lipinski definition) is 4. The van der Waals surface area contributed by atoms with Crippen molar-refractivity contribution in [3.05, 3.63) is 29.7 Å². The Morgan fingerprint density at radius 3 is 3.00 bits per heavy atom. The normalized spacial score (nSPS) is 29.8. The van der Waals surface area contributed by atoms with Crippen LogP contribution >= 0.6 is 0 Å². The lowest BCUT2D eigenvalue weighted by Gasteiger charge is -2.30. The average molecular weight is 311 g/mol. The molecule has 1 unspecified atom stereocenters. The van der Waals surface area contributed by atoms with Crippen LogP contribution in [0.2, 0.25) is 0 Å². The molecular weight excluding hydrogens is 290 g/mol. The third-order valence-corrected chi connectivity index (χ3v) is 5.40. The molecule has 1 saturated carbocycles. The predicted octanol–water partition coefficient (Wildman–Crippen LogP) is 2.53. The van der Waals surface area contributed by atoms with Crippen molar-refractivity contribution >= 4 is 17.0 Å². The molecular formula is C18H21N3O2. The van der Waals surface area contributed by atoms with Crippen LogP contribution < -0.4 is 5.32 Å². The summed E-state index contributed by atoms with van der Waals surface area (Å²) in [5.74, 6) is 2.08. The number of carbonyl (C=O) groups excluding carboxylic acids is 1. The van der Waals surface area contributed by atoms with Gasteiger partial charge in [0.2, 0.25) is 0 Å². The lowest BCUT2D eigenvalue weighted by atomic mass is 9.96. The number of nitrogens with one attached hydrogen (secondary N) is 1. The van der Waals surface area contributed by atoms with Gasteiger partial charge in [-0.25, -0.2) is 4.98 Å². The maximum absolute atomic E-state index is 12.6. The number of fused-ring (bicyclic) bond motifs is 3. The molecule has 1 N–H and O–H groups in total. The topological polar surface area (TPSA) is 58.4 Å². The Balaban J connectivity index is 1.33. The Bertz CT molecular complexity index is 753. The molecule has 1 aromatic heterocycles. The van der Waals surface area contributed by atoms with Crippen LogP contribution in [0.3, 0.4) is 0 Å². The summed E-state index contributed by atoms with van der Waals surface area (Å²) in [6.07, 6.45) is 4.72.